The zero-order valence-corrected chi connectivity index (χ0v) is 22.1. The molecule has 9 nitrogen and oxygen atoms in total. The summed E-state index contributed by atoms with van der Waals surface area (Å²) in [6, 6.07) is 7.27. The summed E-state index contributed by atoms with van der Waals surface area (Å²) in [5.41, 5.74) is 1.42. The average molecular weight is 537 g/mol. The largest absolute Gasteiger partial charge is 0.462 e. The molecule has 35 heavy (non-hydrogen) atoms. The van der Waals surface area contributed by atoms with Crippen molar-refractivity contribution in [3.05, 3.63) is 45.3 Å². The zero-order valence-electron chi connectivity index (χ0n) is 19.7. The predicted octanol–water partition coefficient (Wildman–Crippen LogP) is 5.07. The summed E-state index contributed by atoms with van der Waals surface area (Å²) < 4.78 is 12.1. The topological polar surface area (TPSA) is 112 Å². The monoisotopic (exact) mass is 536 g/mol. The molecule has 0 aliphatic heterocycles. The molecular formula is C23H25ClN4O5S2. The number of halogens is 1. The highest BCUT2D eigenvalue weighted by Gasteiger charge is 2.27. The first-order chi connectivity index (χ1) is 16.8. The maximum atomic E-state index is 12.8. The zero-order chi connectivity index (χ0) is 25.5. The van der Waals surface area contributed by atoms with Crippen molar-refractivity contribution in [1.82, 2.24) is 14.8 Å². The molecule has 0 aliphatic carbocycles. The number of carbonyl (C=O) groups is 3. The second-order valence-corrected chi connectivity index (χ2v) is 9.49. The molecule has 1 amide bonds. The predicted molar refractivity (Wildman–Crippen MR) is 136 cm³/mol. The standard InChI is InChI=1S/C23H25ClN4O5S2/c1-5-28-19(14-8-10-15(24)11-9-14)26-27-23(28)34-12-16(29)25-20-17(21(30)32-6-2)13(4)18(35-20)22(31)33-7-3/h8-11H,5-7,12H2,1-4H3,(H,25,29). The first-order valence-corrected chi connectivity index (χ1v) is 13.1. The van der Waals surface area contributed by atoms with Gasteiger partial charge >= 0.3 is 11.9 Å². The van der Waals surface area contributed by atoms with Crippen LogP contribution < -0.4 is 5.32 Å². The fourth-order valence-electron chi connectivity index (χ4n) is 3.23. The highest BCUT2D eigenvalue weighted by atomic mass is 35.5. The summed E-state index contributed by atoms with van der Waals surface area (Å²) in [4.78, 5) is 37.9. The van der Waals surface area contributed by atoms with Gasteiger partial charge in [0.05, 0.1) is 24.5 Å². The van der Waals surface area contributed by atoms with Crippen molar-refractivity contribution in [2.75, 3.05) is 24.3 Å². The third-order valence-corrected chi connectivity index (χ3v) is 7.21. The minimum Gasteiger partial charge on any atom is -0.462 e. The Morgan fingerprint density at radius 3 is 2.34 bits per heavy atom. The van der Waals surface area contributed by atoms with E-state index < -0.39 is 11.9 Å². The van der Waals surface area contributed by atoms with E-state index in [4.69, 9.17) is 21.1 Å². The van der Waals surface area contributed by atoms with Gasteiger partial charge in [-0.25, -0.2) is 9.59 Å². The van der Waals surface area contributed by atoms with E-state index in [9.17, 15) is 14.4 Å². The number of nitrogens with zero attached hydrogens (tertiary/aromatic N) is 3. The number of ether oxygens (including phenoxy) is 2. The van der Waals surface area contributed by atoms with Gasteiger partial charge in [-0.15, -0.1) is 21.5 Å². The van der Waals surface area contributed by atoms with Crippen LogP contribution in [-0.4, -0.2) is 51.6 Å². The van der Waals surface area contributed by atoms with Gasteiger partial charge in [0.1, 0.15) is 9.88 Å². The molecule has 0 radical (unpaired) electrons. The maximum absolute atomic E-state index is 12.8. The lowest BCUT2D eigenvalue weighted by atomic mass is 10.1. The number of aromatic nitrogens is 3. The van der Waals surface area contributed by atoms with Crippen molar-refractivity contribution in [2.24, 2.45) is 0 Å². The van der Waals surface area contributed by atoms with Crippen LogP contribution in [0, 0.1) is 6.92 Å². The van der Waals surface area contributed by atoms with Gasteiger partial charge in [-0.2, -0.15) is 0 Å². The van der Waals surface area contributed by atoms with Crippen LogP contribution in [0.2, 0.25) is 5.02 Å². The molecule has 2 aromatic heterocycles. The van der Waals surface area contributed by atoms with E-state index in [1.54, 1.807) is 32.9 Å². The van der Waals surface area contributed by atoms with Gasteiger partial charge in [-0.3, -0.25) is 4.79 Å². The van der Waals surface area contributed by atoms with E-state index >= 15 is 0 Å². The Labute approximate surface area is 216 Å². The summed E-state index contributed by atoms with van der Waals surface area (Å²) in [6.45, 7) is 7.93. The first-order valence-electron chi connectivity index (χ1n) is 10.9. The van der Waals surface area contributed by atoms with E-state index in [0.29, 0.717) is 28.1 Å². The summed E-state index contributed by atoms with van der Waals surface area (Å²) in [6.07, 6.45) is 0. The van der Waals surface area contributed by atoms with Gasteiger partial charge in [0, 0.05) is 17.1 Å². The molecule has 186 valence electrons. The van der Waals surface area contributed by atoms with Gasteiger partial charge < -0.3 is 19.4 Å². The molecule has 0 unspecified atom stereocenters. The average Bonchev–Trinajstić information content (AvgIpc) is 3.39. The Morgan fingerprint density at radius 2 is 1.71 bits per heavy atom. The number of rotatable bonds is 10. The molecule has 0 fully saturated rings. The SMILES string of the molecule is CCOC(=O)c1sc(NC(=O)CSc2nnc(-c3ccc(Cl)cc3)n2CC)c(C(=O)OCC)c1C. The lowest BCUT2D eigenvalue weighted by molar-refractivity contribution is -0.113. The van der Waals surface area contributed by atoms with Crippen LogP contribution >= 0.6 is 34.7 Å². The van der Waals surface area contributed by atoms with Gasteiger partial charge in [-0.1, -0.05) is 23.4 Å². The fraction of sp³-hybridized carbons (Fsp3) is 0.348. The number of anilines is 1. The molecule has 3 rings (SSSR count). The van der Waals surface area contributed by atoms with Crippen molar-refractivity contribution < 1.29 is 23.9 Å². The van der Waals surface area contributed by atoms with Crippen LogP contribution in [0.25, 0.3) is 11.4 Å². The number of thioether (sulfide) groups is 1. The minimum atomic E-state index is -0.613. The molecule has 0 saturated carbocycles. The molecule has 0 aliphatic rings. The number of hydrogen-bond donors (Lipinski definition) is 1. The normalized spacial score (nSPS) is 10.8. The summed E-state index contributed by atoms with van der Waals surface area (Å²) in [7, 11) is 0. The number of thiophene rings is 1. The van der Waals surface area contributed by atoms with E-state index in [2.05, 4.69) is 15.5 Å². The molecule has 0 spiro atoms. The Balaban J connectivity index is 1.77. The van der Waals surface area contributed by atoms with Crippen molar-refractivity contribution >= 4 is 57.5 Å². The Morgan fingerprint density at radius 1 is 1.06 bits per heavy atom. The molecule has 1 aromatic carbocycles. The molecule has 1 N–H and O–H groups in total. The molecule has 0 saturated heterocycles. The number of carbonyl (C=O) groups excluding carboxylic acids is 3. The number of esters is 2. The lowest BCUT2D eigenvalue weighted by Gasteiger charge is -2.08. The Hall–Kier alpha value is -2.89. The van der Waals surface area contributed by atoms with Crippen LogP contribution in [0.15, 0.2) is 29.4 Å². The van der Waals surface area contributed by atoms with Crippen molar-refractivity contribution in [2.45, 2.75) is 39.4 Å². The molecule has 2 heterocycles. The Kier molecular flexibility index (Phi) is 9.30. The van der Waals surface area contributed by atoms with Crippen molar-refractivity contribution in [1.29, 1.82) is 0 Å². The molecule has 12 heteroatoms. The lowest BCUT2D eigenvalue weighted by Crippen LogP contribution is -2.17. The number of benzene rings is 1. The maximum Gasteiger partial charge on any atom is 0.348 e. The highest BCUT2D eigenvalue weighted by molar-refractivity contribution is 7.99. The van der Waals surface area contributed by atoms with E-state index in [-0.39, 0.29) is 40.3 Å². The van der Waals surface area contributed by atoms with Crippen LogP contribution in [0.3, 0.4) is 0 Å². The molecular weight excluding hydrogens is 512 g/mol. The van der Waals surface area contributed by atoms with Gasteiger partial charge in [0.25, 0.3) is 0 Å². The first kappa shape index (κ1) is 26.7. The number of nitrogens with one attached hydrogen (secondary N) is 1. The van der Waals surface area contributed by atoms with E-state index in [0.717, 1.165) is 16.9 Å². The molecule has 0 atom stereocenters. The van der Waals surface area contributed by atoms with Gasteiger partial charge in [-0.05, 0) is 57.5 Å². The third kappa shape index (κ3) is 6.22. The highest BCUT2D eigenvalue weighted by Crippen LogP contribution is 2.34. The van der Waals surface area contributed by atoms with Crippen LogP contribution in [0.4, 0.5) is 5.00 Å². The molecule has 0 bridgehead atoms. The van der Waals surface area contributed by atoms with Crippen molar-refractivity contribution in [3.8, 4) is 11.4 Å². The van der Waals surface area contributed by atoms with Crippen LogP contribution in [-0.2, 0) is 20.8 Å². The minimum absolute atomic E-state index is 0.0205. The number of hydrogen-bond acceptors (Lipinski definition) is 9. The quantitative estimate of drug-likeness (QED) is 0.282. The van der Waals surface area contributed by atoms with Gasteiger partial charge in [0.15, 0.2) is 11.0 Å². The third-order valence-electron chi connectivity index (χ3n) is 4.81. The number of amides is 1. The second kappa shape index (κ2) is 12.2. The van der Waals surface area contributed by atoms with E-state index in [1.165, 1.54) is 11.8 Å². The second-order valence-electron chi connectivity index (χ2n) is 7.10. The van der Waals surface area contributed by atoms with Crippen molar-refractivity contribution in [3.63, 3.8) is 0 Å². The van der Waals surface area contributed by atoms with Crippen LogP contribution in [0.1, 0.15) is 46.4 Å². The smallest absolute Gasteiger partial charge is 0.348 e. The summed E-state index contributed by atoms with van der Waals surface area (Å²) >= 11 is 8.18. The fourth-order valence-corrected chi connectivity index (χ4v) is 5.26. The van der Waals surface area contributed by atoms with Crippen LogP contribution in [0.5, 0.6) is 0 Å². The summed E-state index contributed by atoms with van der Waals surface area (Å²) in [5.74, 6) is -0.841. The molecule has 3 aromatic rings. The Bertz CT molecular complexity index is 1220. The summed E-state index contributed by atoms with van der Waals surface area (Å²) in [5, 5.41) is 12.7. The van der Waals surface area contributed by atoms with Gasteiger partial charge in [0.2, 0.25) is 5.91 Å². The van der Waals surface area contributed by atoms with E-state index in [1.807, 2.05) is 23.6 Å².